The van der Waals surface area contributed by atoms with Crippen molar-refractivity contribution in [3.63, 3.8) is 0 Å². The van der Waals surface area contributed by atoms with Crippen LogP contribution in [-0.4, -0.2) is 0 Å². The molecule has 0 atom stereocenters. The lowest BCUT2D eigenvalue weighted by molar-refractivity contribution is 0.376. The summed E-state index contributed by atoms with van der Waals surface area (Å²) < 4.78 is 65.4. The summed E-state index contributed by atoms with van der Waals surface area (Å²) in [6.07, 6.45) is 0. The van der Waals surface area contributed by atoms with Crippen molar-refractivity contribution in [3.8, 4) is 11.8 Å². The molecule has 0 saturated heterocycles. The molecule has 2 aromatic rings. The van der Waals surface area contributed by atoms with Crippen LogP contribution in [0.15, 0.2) is 24.3 Å². The first-order chi connectivity index (χ1) is 9.41. The van der Waals surface area contributed by atoms with Crippen molar-refractivity contribution in [1.82, 2.24) is 0 Å². The minimum atomic E-state index is -2.21. The van der Waals surface area contributed by atoms with E-state index in [1.165, 1.54) is 18.2 Å². The Bertz CT molecular complexity index is 714. The zero-order chi connectivity index (χ0) is 14.9. The lowest BCUT2D eigenvalue weighted by atomic mass is 10.1. The lowest BCUT2D eigenvalue weighted by Crippen LogP contribution is -2.04. The van der Waals surface area contributed by atoms with Gasteiger partial charge in [-0.1, -0.05) is 29.5 Å². The van der Waals surface area contributed by atoms with Gasteiger partial charge >= 0.3 is 0 Å². The Balaban J connectivity index is 2.56. The molecule has 102 valence electrons. The Morgan fingerprint density at radius 1 is 0.750 bits per heavy atom. The van der Waals surface area contributed by atoms with Crippen LogP contribution < -0.4 is 0 Å². The van der Waals surface area contributed by atoms with Crippen LogP contribution >= 0.6 is 11.6 Å². The van der Waals surface area contributed by atoms with Crippen molar-refractivity contribution in [2.24, 2.45) is 0 Å². The van der Waals surface area contributed by atoms with Crippen molar-refractivity contribution in [3.05, 3.63) is 69.5 Å². The minimum absolute atomic E-state index is 0.279. The average molecular weight is 303 g/mol. The van der Waals surface area contributed by atoms with Crippen LogP contribution in [0.1, 0.15) is 11.1 Å². The molecule has 0 N–H and O–H groups in total. The summed E-state index contributed by atoms with van der Waals surface area (Å²) in [5, 5.41) is 0.328. The number of hydrogen-bond acceptors (Lipinski definition) is 0. The Labute approximate surface area is 115 Å². The van der Waals surface area contributed by atoms with Crippen LogP contribution in [0.3, 0.4) is 0 Å². The van der Waals surface area contributed by atoms with Gasteiger partial charge < -0.3 is 0 Å². The van der Waals surface area contributed by atoms with Gasteiger partial charge in [0.05, 0.1) is 0 Å². The van der Waals surface area contributed by atoms with Crippen LogP contribution in [0.2, 0.25) is 5.02 Å². The fourth-order valence-electron chi connectivity index (χ4n) is 1.42. The average Bonchev–Trinajstić information content (AvgIpc) is 2.43. The van der Waals surface area contributed by atoms with Crippen molar-refractivity contribution in [1.29, 1.82) is 0 Å². The fraction of sp³-hybridized carbons (Fsp3) is 0. The number of rotatable bonds is 0. The molecular formula is C14H4ClF5. The Kier molecular flexibility index (Phi) is 3.96. The predicted molar refractivity (Wildman–Crippen MR) is 63.7 cm³/mol. The molecule has 0 radical (unpaired) electrons. The van der Waals surface area contributed by atoms with Crippen LogP contribution in [0.5, 0.6) is 0 Å². The molecule has 0 nitrogen and oxygen atoms in total. The van der Waals surface area contributed by atoms with E-state index in [-0.39, 0.29) is 5.56 Å². The summed E-state index contributed by atoms with van der Waals surface area (Å²) in [5.41, 5.74) is -0.900. The van der Waals surface area contributed by atoms with Crippen molar-refractivity contribution in [2.75, 3.05) is 0 Å². The third kappa shape index (κ3) is 2.61. The quantitative estimate of drug-likeness (QED) is 0.292. The lowest BCUT2D eigenvalue weighted by Gasteiger charge is -2.02. The van der Waals surface area contributed by atoms with E-state index in [9.17, 15) is 22.0 Å². The highest BCUT2D eigenvalue weighted by Gasteiger charge is 2.24. The van der Waals surface area contributed by atoms with E-state index in [0.29, 0.717) is 5.02 Å². The summed E-state index contributed by atoms with van der Waals surface area (Å²) in [7, 11) is 0. The molecule has 0 aromatic heterocycles. The molecule has 20 heavy (non-hydrogen) atoms. The first-order valence-electron chi connectivity index (χ1n) is 5.21. The van der Waals surface area contributed by atoms with Gasteiger partial charge in [0.1, 0.15) is 5.56 Å². The highest BCUT2D eigenvalue weighted by molar-refractivity contribution is 6.30. The van der Waals surface area contributed by atoms with Crippen molar-refractivity contribution in [2.45, 2.75) is 0 Å². The van der Waals surface area contributed by atoms with Gasteiger partial charge in [0.2, 0.25) is 5.82 Å². The molecule has 0 heterocycles. The number of halogens is 6. The summed E-state index contributed by atoms with van der Waals surface area (Å²) >= 11 is 5.67. The minimum Gasteiger partial charge on any atom is -0.202 e. The van der Waals surface area contributed by atoms with Gasteiger partial charge in [0.15, 0.2) is 23.3 Å². The molecule has 0 fully saturated rings. The molecule has 0 aliphatic rings. The SMILES string of the molecule is Fc1c(F)c(F)c(C#Cc2cccc(Cl)c2)c(F)c1F. The van der Waals surface area contributed by atoms with Crippen molar-refractivity contribution >= 4 is 11.6 Å². The Morgan fingerprint density at radius 2 is 1.30 bits per heavy atom. The third-order valence-corrected chi connectivity index (χ3v) is 2.60. The van der Waals surface area contributed by atoms with Crippen LogP contribution in [-0.2, 0) is 0 Å². The first-order valence-corrected chi connectivity index (χ1v) is 5.58. The van der Waals surface area contributed by atoms with E-state index in [1.807, 2.05) is 5.92 Å². The van der Waals surface area contributed by atoms with Gasteiger partial charge in [0.25, 0.3) is 0 Å². The maximum Gasteiger partial charge on any atom is 0.200 e. The molecule has 0 unspecified atom stereocenters. The van der Waals surface area contributed by atoms with E-state index >= 15 is 0 Å². The maximum atomic E-state index is 13.3. The predicted octanol–water partition coefficient (Wildman–Crippen LogP) is 4.44. The molecule has 0 bridgehead atoms. The topological polar surface area (TPSA) is 0 Å². The Hall–Kier alpha value is -2.06. The van der Waals surface area contributed by atoms with Gasteiger partial charge in [-0.15, -0.1) is 0 Å². The molecule has 2 aromatic carbocycles. The molecule has 6 heteroatoms. The van der Waals surface area contributed by atoms with Gasteiger partial charge in [-0.2, -0.15) is 0 Å². The van der Waals surface area contributed by atoms with Crippen LogP contribution in [0, 0.1) is 40.9 Å². The monoisotopic (exact) mass is 302 g/mol. The summed E-state index contributed by atoms with van der Waals surface area (Å²) in [4.78, 5) is 0. The largest absolute Gasteiger partial charge is 0.202 e. The second-order valence-corrected chi connectivity index (χ2v) is 4.14. The van der Waals surface area contributed by atoms with Crippen molar-refractivity contribution < 1.29 is 22.0 Å². The molecule has 0 aliphatic carbocycles. The maximum absolute atomic E-state index is 13.3. The molecule has 0 saturated carbocycles. The second kappa shape index (κ2) is 5.51. The third-order valence-electron chi connectivity index (χ3n) is 2.37. The van der Waals surface area contributed by atoms with E-state index < -0.39 is 34.6 Å². The van der Waals surface area contributed by atoms with Gasteiger partial charge in [-0.05, 0) is 18.2 Å². The number of benzene rings is 2. The van der Waals surface area contributed by atoms with Crippen LogP contribution in [0.4, 0.5) is 22.0 Å². The zero-order valence-corrected chi connectivity index (χ0v) is 10.3. The summed E-state index contributed by atoms with van der Waals surface area (Å²) in [6, 6.07) is 5.95. The first kappa shape index (κ1) is 14.4. The second-order valence-electron chi connectivity index (χ2n) is 3.71. The fourth-order valence-corrected chi connectivity index (χ4v) is 1.61. The van der Waals surface area contributed by atoms with Crippen LogP contribution in [0.25, 0.3) is 0 Å². The molecule has 0 aliphatic heterocycles. The van der Waals surface area contributed by atoms with Gasteiger partial charge in [0, 0.05) is 10.6 Å². The van der Waals surface area contributed by atoms with Gasteiger partial charge in [-0.25, -0.2) is 22.0 Å². The van der Waals surface area contributed by atoms with E-state index in [4.69, 9.17) is 11.6 Å². The van der Waals surface area contributed by atoms with E-state index in [0.717, 1.165) is 0 Å². The van der Waals surface area contributed by atoms with Gasteiger partial charge in [-0.3, -0.25) is 0 Å². The highest BCUT2D eigenvalue weighted by Crippen LogP contribution is 2.22. The molecule has 0 spiro atoms. The Morgan fingerprint density at radius 3 is 1.85 bits per heavy atom. The summed E-state index contributed by atoms with van der Waals surface area (Å²) in [5.74, 6) is -5.98. The molecule has 0 amide bonds. The molecule has 2 rings (SSSR count). The summed E-state index contributed by atoms with van der Waals surface area (Å²) in [6.45, 7) is 0. The zero-order valence-electron chi connectivity index (χ0n) is 9.58. The van der Waals surface area contributed by atoms with E-state index in [1.54, 1.807) is 6.07 Å². The molecular weight excluding hydrogens is 299 g/mol. The normalized spacial score (nSPS) is 10.1. The highest BCUT2D eigenvalue weighted by atomic mass is 35.5. The van der Waals surface area contributed by atoms with E-state index in [2.05, 4.69) is 5.92 Å². The standard InChI is InChI=1S/C14H4ClF5/c15-8-3-1-2-7(6-8)4-5-9-10(16)12(18)14(20)13(19)11(9)17/h1-3,6H. The smallest absolute Gasteiger partial charge is 0.200 e. The number of hydrogen-bond donors (Lipinski definition) is 0.